The van der Waals surface area contributed by atoms with Crippen LogP contribution in [0.25, 0.3) is 0 Å². The van der Waals surface area contributed by atoms with Gasteiger partial charge in [0.1, 0.15) is 11.6 Å². The van der Waals surface area contributed by atoms with Crippen LogP contribution >= 0.6 is 0 Å². The largest absolute Gasteiger partial charge is 0.497 e. The van der Waals surface area contributed by atoms with Gasteiger partial charge in [0.15, 0.2) is 0 Å². The summed E-state index contributed by atoms with van der Waals surface area (Å²) in [6.07, 6.45) is 3.23. The average Bonchev–Trinajstić information content (AvgIpc) is 3.05. The van der Waals surface area contributed by atoms with E-state index in [-0.39, 0.29) is 11.9 Å². The number of rotatable bonds is 4. The highest BCUT2D eigenvalue weighted by Gasteiger charge is 2.27. The van der Waals surface area contributed by atoms with Crippen LogP contribution in [0, 0.1) is 5.82 Å². The molecule has 0 saturated heterocycles. The van der Waals surface area contributed by atoms with E-state index in [4.69, 9.17) is 4.74 Å². The van der Waals surface area contributed by atoms with Gasteiger partial charge in [0.05, 0.1) is 13.2 Å². The Bertz CT molecular complexity index is 872. The van der Waals surface area contributed by atoms with Crippen molar-refractivity contribution in [2.24, 2.45) is 0 Å². The lowest BCUT2D eigenvalue weighted by Crippen LogP contribution is -2.29. The zero-order valence-electron chi connectivity index (χ0n) is 14.9. The van der Waals surface area contributed by atoms with Gasteiger partial charge >= 0.3 is 0 Å². The molecule has 1 aromatic heterocycles. The van der Waals surface area contributed by atoms with E-state index in [0.29, 0.717) is 0 Å². The monoisotopic (exact) mass is 350 g/mol. The summed E-state index contributed by atoms with van der Waals surface area (Å²) >= 11 is 0. The lowest BCUT2D eigenvalue weighted by atomic mass is 10.0. The Kier molecular flexibility index (Phi) is 4.76. The number of aromatic nitrogens is 1. The third-order valence-corrected chi connectivity index (χ3v) is 5.06. The number of fused-ring (bicyclic) bond motifs is 1. The van der Waals surface area contributed by atoms with E-state index in [1.807, 2.05) is 24.3 Å². The SMILES string of the molecule is COc1cccc(CN2CCCn3cccc3[C@H]2c2ccc(F)cc2)c1. The van der Waals surface area contributed by atoms with Gasteiger partial charge in [0, 0.05) is 31.5 Å². The summed E-state index contributed by atoms with van der Waals surface area (Å²) in [6.45, 7) is 2.82. The average molecular weight is 350 g/mol. The summed E-state index contributed by atoms with van der Waals surface area (Å²) in [6, 6.07) is 19.5. The molecule has 0 radical (unpaired) electrons. The van der Waals surface area contributed by atoms with Crippen molar-refractivity contribution in [2.45, 2.75) is 25.6 Å². The van der Waals surface area contributed by atoms with Crippen LogP contribution in [0.5, 0.6) is 5.75 Å². The molecule has 4 heteroatoms. The molecule has 0 unspecified atom stereocenters. The summed E-state index contributed by atoms with van der Waals surface area (Å²) in [5, 5.41) is 0. The molecule has 0 bridgehead atoms. The van der Waals surface area contributed by atoms with Crippen LogP contribution in [0.3, 0.4) is 0 Å². The molecule has 0 aliphatic carbocycles. The van der Waals surface area contributed by atoms with E-state index in [0.717, 1.165) is 37.4 Å². The first-order chi connectivity index (χ1) is 12.7. The Labute approximate surface area is 153 Å². The molecule has 0 saturated carbocycles. The molecule has 3 aromatic rings. The van der Waals surface area contributed by atoms with Crippen LogP contribution in [0.15, 0.2) is 66.9 Å². The Balaban J connectivity index is 1.72. The first-order valence-electron chi connectivity index (χ1n) is 9.02. The van der Waals surface area contributed by atoms with Crippen molar-refractivity contribution in [2.75, 3.05) is 13.7 Å². The van der Waals surface area contributed by atoms with Crippen LogP contribution in [0.1, 0.15) is 29.3 Å². The van der Waals surface area contributed by atoms with Gasteiger partial charge in [-0.1, -0.05) is 24.3 Å². The molecule has 0 fully saturated rings. The van der Waals surface area contributed by atoms with Gasteiger partial charge in [-0.2, -0.15) is 0 Å². The number of ether oxygens (including phenoxy) is 1. The smallest absolute Gasteiger partial charge is 0.123 e. The fourth-order valence-electron chi connectivity index (χ4n) is 3.84. The third kappa shape index (κ3) is 3.37. The second-order valence-electron chi connectivity index (χ2n) is 6.76. The van der Waals surface area contributed by atoms with E-state index in [1.54, 1.807) is 19.2 Å². The minimum Gasteiger partial charge on any atom is -0.497 e. The van der Waals surface area contributed by atoms with Crippen LogP contribution in [-0.4, -0.2) is 23.1 Å². The van der Waals surface area contributed by atoms with Crippen molar-refractivity contribution in [1.82, 2.24) is 9.47 Å². The molecular weight excluding hydrogens is 327 g/mol. The summed E-state index contributed by atoms with van der Waals surface area (Å²) in [5.74, 6) is 0.677. The first kappa shape index (κ1) is 16.9. The fourth-order valence-corrected chi connectivity index (χ4v) is 3.84. The minimum absolute atomic E-state index is 0.110. The van der Waals surface area contributed by atoms with Gasteiger partial charge in [0.25, 0.3) is 0 Å². The lowest BCUT2D eigenvalue weighted by molar-refractivity contribution is 0.220. The van der Waals surface area contributed by atoms with Gasteiger partial charge in [-0.25, -0.2) is 4.39 Å². The van der Waals surface area contributed by atoms with E-state index in [1.165, 1.54) is 11.3 Å². The van der Waals surface area contributed by atoms with Crippen molar-refractivity contribution < 1.29 is 9.13 Å². The van der Waals surface area contributed by atoms with Crippen molar-refractivity contribution in [1.29, 1.82) is 0 Å². The highest BCUT2D eigenvalue weighted by Crippen LogP contribution is 2.33. The molecule has 1 aliphatic rings. The van der Waals surface area contributed by atoms with Crippen molar-refractivity contribution in [3.05, 3.63) is 89.5 Å². The zero-order valence-corrected chi connectivity index (χ0v) is 14.9. The van der Waals surface area contributed by atoms with Crippen LogP contribution in [0.4, 0.5) is 4.39 Å². The Morgan fingerprint density at radius 3 is 2.69 bits per heavy atom. The van der Waals surface area contributed by atoms with Gasteiger partial charge < -0.3 is 9.30 Å². The lowest BCUT2D eigenvalue weighted by Gasteiger charge is -2.30. The highest BCUT2D eigenvalue weighted by molar-refractivity contribution is 5.32. The van der Waals surface area contributed by atoms with Crippen LogP contribution < -0.4 is 4.74 Å². The molecule has 4 rings (SSSR count). The molecule has 0 N–H and O–H groups in total. The van der Waals surface area contributed by atoms with E-state index in [2.05, 4.69) is 39.9 Å². The van der Waals surface area contributed by atoms with Crippen molar-refractivity contribution in [3.8, 4) is 5.75 Å². The maximum Gasteiger partial charge on any atom is 0.123 e. The predicted molar refractivity (Wildman–Crippen MR) is 101 cm³/mol. The van der Waals surface area contributed by atoms with Crippen LogP contribution in [0.2, 0.25) is 0 Å². The molecule has 0 amide bonds. The Morgan fingerprint density at radius 1 is 1.04 bits per heavy atom. The van der Waals surface area contributed by atoms with Gasteiger partial charge in [-0.05, 0) is 53.9 Å². The van der Waals surface area contributed by atoms with Gasteiger partial charge in [-0.15, -0.1) is 0 Å². The van der Waals surface area contributed by atoms with Gasteiger partial charge in [0.2, 0.25) is 0 Å². The van der Waals surface area contributed by atoms with Gasteiger partial charge in [-0.3, -0.25) is 4.90 Å². The molecule has 1 atom stereocenters. The second kappa shape index (κ2) is 7.34. The predicted octanol–water partition coefficient (Wildman–Crippen LogP) is 4.63. The summed E-state index contributed by atoms with van der Waals surface area (Å²) in [7, 11) is 1.69. The highest BCUT2D eigenvalue weighted by atomic mass is 19.1. The quantitative estimate of drug-likeness (QED) is 0.682. The molecule has 2 heterocycles. The maximum atomic E-state index is 13.5. The molecule has 26 heavy (non-hydrogen) atoms. The number of hydrogen-bond donors (Lipinski definition) is 0. The Morgan fingerprint density at radius 2 is 1.88 bits per heavy atom. The maximum absolute atomic E-state index is 13.5. The molecule has 0 spiro atoms. The number of aryl methyl sites for hydroxylation is 1. The van der Waals surface area contributed by atoms with E-state index < -0.39 is 0 Å². The number of methoxy groups -OCH3 is 1. The molecule has 3 nitrogen and oxygen atoms in total. The van der Waals surface area contributed by atoms with E-state index >= 15 is 0 Å². The van der Waals surface area contributed by atoms with Crippen LogP contribution in [-0.2, 0) is 13.1 Å². The van der Waals surface area contributed by atoms with Crippen molar-refractivity contribution in [3.63, 3.8) is 0 Å². The normalized spacial score (nSPS) is 17.5. The Hall–Kier alpha value is -2.59. The second-order valence-corrected chi connectivity index (χ2v) is 6.76. The summed E-state index contributed by atoms with van der Waals surface area (Å²) < 4.78 is 21.2. The first-order valence-corrected chi connectivity index (χ1v) is 9.02. The number of hydrogen-bond acceptors (Lipinski definition) is 2. The number of halogens is 1. The molecule has 1 aliphatic heterocycles. The summed E-state index contributed by atoms with van der Waals surface area (Å²) in [5.41, 5.74) is 3.60. The molecule has 134 valence electrons. The number of benzene rings is 2. The topological polar surface area (TPSA) is 17.4 Å². The number of nitrogens with zero attached hydrogens (tertiary/aromatic N) is 2. The fraction of sp³-hybridized carbons (Fsp3) is 0.273. The minimum atomic E-state index is -0.197. The molecule has 2 aromatic carbocycles. The van der Waals surface area contributed by atoms with Crippen molar-refractivity contribution >= 4 is 0 Å². The third-order valence-electron chi connectivity index (χ3n) is 5.06. The summed E-state index contributed by atoms with van der Waals surface area (Å²) in [4.78, 5) is 2.47. The standard InChI is InChI=1S/C22H23FN2O/c1-26-20-6-2-5-17(15-20)16-25-14-4-13-24-12-3-7-21(24)22(25)18-8-10-19(23)11-9-18/h2-3,5-12,15,22H,4,13-14,16H2,1H3/t22-/m1/s1. The van der Waals surface area contributed by atoms with E-state index in [9.17, 15) is 4.39 Å². The zero-order chi connectivity index (χ0) is 17.9. The molecular formula is C22H23FN2O.